The lowest BCUT2D eigenvalue weighted by atomic mass is 10.1. The van der Waals surface area contributed by atoms with Crippen molar-refractivity contribution in [2.24, 2.45) is 4.99 Å². The standard InChI is InChI=1S/C13H17N3O/c1-9-4-3-5-10-12(9)17-11(8-16(10)2)13-14-6-7-15-13/h3-5,11H,6-8H2,1-2H3,(H,14,15)/t11-/m0/s1. The van der Waals surface area contributed by atoms with Crippen LogP contribution in [0.15, 0.2) is 23.2 Å². The van der Waals surface area contributed by atoms with Crippen molar-refractivity contribution in [3.8, 4) is 5.75 Å². The highest BCUT2D eigenvalue weighted by molar-refractivity contribution is 5.89. The van der Waals surface area contributed by atoms with Crippen LogP contribution in [-0.2, 0) is 0 Å². The topological polar surface area (TPSA) is 36.9 Å². The molecule has 0 radical (unpaired) electrons. The van der Waals surface area contributed by atoms with E-state index < -0.39 is 0 Å². The fraction of sp³-hybridized carbons (Fsp3) is 0.462. The zero-order valence-corrected chi connectivity index (χ0v) is 10.2. The van der Waals surface area contributed by atoms with E-state index in [0.717, 1.165) is 31.2 Å². The summed E-state index contributed by atoms with van der Waals surface area (Å²) in [6.45, 7) is 4.72. The minimum absolute atomic E-state index is 0.0381. The van der Waals surface area contributed by atoms with Crippen LogP contribution in [-0.4, -0.2) is 38.6 Å². The Morgan fingerprint density at radius 1 is 1.47 bits per heavy atom. The van der Waals surface area contributed by atoms with E-state index in [-0.39, 0.29) is 6.10 Å². The van der Waals surface area contributed by atoms with Crippen molar-refractivity contribution in [2.75, 3.05) is 31.6 Å². The number of anilines is 1. The van der Waals surface area contributed by atoms with E-state index in [1.165, 1.54) is 11.3 Å². The van der Waals surface area contributed by atoms with E-state index in [1.807, 2.05) is 0 Å². The first-order valence-corrected chi connectivity index (χ1v) is 6.01. The first-order valence-electron chi connectivity index (χ1n) is 6.01. The number of ether oxygens (including phenoxy) is 1. The van der Waals surface area contributed by atoms with E-state index in [9.17, 15) is 0 Å². The molecule has 1 aromatic rings. The van der Waals surface area contributed by atoms with Crippen LogP contribution >= 0.6 is 0 Å². The van der Waals surface area contributed by atoms with E-state index >= 15 is 0 Å². The normalized spacial score (nSPS) is 22.6. The minimum atomic E-state index is 0.0381. The summed E-state index contributed by atoms with van der Waals surface area (Å²) in [5.41, 5.74) is 2.34. The van der Waals surface area contributed by atoms with Gasteiger partial charge in [0.25, 0.3) is 0 Å². The fourth-order valence-corrected chi connectivity index (χ4v) is 2.39. The second-order valence-corrected chi connectivity index (χ2v) is 4.60. The molecule has 4 heteroatoms. The van der Waals surface area contributed by atoms with Gasteiger partial charge in [-0.05, 0) is 18.6 Å². The Labute approximate surface area is 101 Å². The van der Waals surface area contributed by atoms with Gasteiger partial charge in [-0.1, -0.05) is 12.1 Å². The van der Waals surface area contributed by atoms with Crippen molar-refractivity contribution < 1.29 is 4.74 Å². The number of likely N-dealkylation sites (N-methyl/N-ethyl adjacent to an activating group) is 1. The second-order valence-electron chi connectivity index (χ2n) is 4.60. The Hall–Kier alpha value is -1.71. The maximum Gasteiger partial charge on any atom is 0.173 e. The molecule has 0 spiro atoms. The van der Waals surface area contributed by atoms with Crippen LogP contribution in [0, 0.1) is 6.92 Å². The molecule has 0 aliphatic carbocycles. The number of para-hydroxylation sites is 1. The maximum atomic E-state index is 6.08. The molecule has 3 rings (SSSR count). The molecule has 0 aromatic heterocycles. The van der Waals surface area contributed by atoms with Crippen molar-refractivity contribution in [2.45, 2.75) is 13.0 Å². The van der Waals surface area contributed by atoms with E-state index in [0.29, 0.717) is 0 Å². The van der Waals surface area contributed by atoms with Gasteiger partial charge in [-0.2, -0.15) is 0 Å². The Kier molecular flexibility index (Phi) is 2.42. The lowest BCUT2D eigenvalue weighted by Crippen LogP contribution is -2.46. The van der Waals surface area contributed by atoms with E-state index in [4.69, 9.17) is 4.74 Å². The summed E-state index contributed by atoms with van der Waals surface area (Å²) in [7, 11) is 2.10. The predicted molar refractivity (Wildman–Crippen MR) is 69.2 cm³/mol. The summed E-state index contributed by atoms with van der Waals surface area (Å²) >= 11 is 0. The number of nitrogens with one attached hydrogen (secondary N) is 1. The van der Waals surface area contributed by atoms with Gasteiger partial charge in [0.05, 0.1) is 18.8 Å². The van der Waals surface area contributed by atoms with E-state index in [1.54, 1.807) is 0 Å². The van der Waals surface area contributed by atoms with Gasteiger partial charge in [0.15, 0.2) is 6.10 Å². The molecule has 1 atom stereocenters. The first-order chi connectivity index (χ1) is 8.25. The van der Waals surface area contributed by atoms with Crippen LogP contribution < -0.4 is 15.0 Å². The number of rotatable bonds is 1. The molecule has 4 nitrogen and oxygen atoms in total. The lowest BCUT2D eigenvalue weighted by molar-refractivity contribution is 0.254. The molecule has 1 aromatic carbocycles. The van der Waals surface area contributed by atoms with Crippen molar-refractivity contribution >= 4 is 11.5 Å². The second kappa shape index (κ2) is 3.95. The minimum Gasteiger partial charge on any atom is -0.478 e. The summed E-state index contributed by atoms with van der Waals surface area (Å²) in [6.07, 6.45) is 0.0381. The third kappa shape index (κ3) is 1.73. The van der Waals surface area contributed by atoms with Crippen LogP contribution in [0.1, 0.15) is 5.56 Å². The summed E-state index contributed by atoms with van der Waals surface area (Å²) in [4.78, 5) is 6.69. The van der Waals surface area contributed by atoms with Crippen LogP contribution in [0.5, 0.6) is 5.75 Å². The van der Waals surface area contributed by atoms with Crippen molar-refractivity contribution in [3.05, 3.63) is 23.8 Å². The fourth-order valence-electron chi connectivity index (χ4n) is 2.39. The summed E-state index contributed by atoms with van der Waals surface area (Å²) in [5, 5.41) is 3.30. The highest BCUT2D eigenvalue weighted by Crippen LogP contribution is 2.35. The smallest absolute Gasteiger partial charge is 0.173 e. The van der Waals surface area contributed by atoms with Gasteiger partial charge in [0, 0.05) is 13.6 Å². The molecule has 2 aliphatic rings. The molecule has 90 valence electrons. The number of amidine groups is 1. The molecule has 0 saturated carbocycles. The number of hydrogen-bond acceptors (Lipinski definition) is 4. The van der Waals surface area contributed by atoms with Crippen molar-refractivity contribution in [3.63, 3.8) is 0 Å². The largest absolute Gasteiger partial charge is 0.478 e. The Balaban J connectivity index is 1.94. The van der Waals surface area contributed by atoms with Crippen LogP contribution in [0.2, 0.25) is 0 Å². The summed E-state index contributed by atoms with van der Waals surface area (Å²) in [6, 6.07) is 6.25. The van der Waals surface area contributed by atoms with Crippen molar-refractivity contribution in [1.82, 2.24) is 5.32 Å². The molecule has 0 amide bonds. The molecule has 2 aliphatic heterocycles. The van der Waals surface area contributed by atoms with Gasteiger partial charge in [0.2, 0.25) is 0 Å². The average molecular weight is 231 g/mol. The molecule has 2 heterocycles. The van der Waals surface area contributed by atoms with Gasteiger partial charge >= 0.3 is 0 Å². The maximum absolute atomic E-state index is 6.08. The summed E-state index contributed by atoms with van der Waals surface area (Å²) < 4.78 is 6.08. The van der Waals surface area contributed by atoms with E-state index in [2.05, 4.69) is 47.4 Å². The molecule has 1 N–H and O–H groups in total. The van der Waals surface area contributed by atoms with Crippen LogP contribution in [0.25, 0.3) is 0 Å². The molecule has 0 fully saturated rings. The quantitative estimate of drug-likeness (QED) is 0.789. The highest BCUT2D eigenvalue weighted by Gasteiger charge is 2.29. The zero-order valence-electron chi connectivity index (χ0n) is 10.2. The van der Waals surface area contributed by atoms with Crippen LogP contribution in [0.3, 0.4) is 0 Å². The van der Waals surface area contributed by atoms with Gasteiger partial charge in [-0.3, -0.25) is 4.99 Å². The molecule has 0 unspecified atom stereocenters. The third-order valence-electron chi connectivity index (χ3n) is 3.31. The SMILES string of the molecule is Cc1cccc2c1O[C@H](C1=NCCN1)CN2C. The number of hydrogen-bond donors (Lipinski definition) is 1. The first kappa shape index (κ1) is 10.4. The predicted octanol–water partition coefficient (Wildman–Crippen LogP) is 1.19. The lowest BCUT2D eigenvalue weighted by Gasteiger charge is -2.34. The molecular weight excluding hydrogens is 214 g/mol. The van der Waals surface area contributed by atoms with Gasteiger partial charge in [-0.15, -0.1) is 0 Å². The Morgan fingerprint density at radius 2 is 2.35 bits per heavy atom. The van der Waals surface area contributed by atoms with Crippen molar-refractivity contribution in [1.29, 1.82) is 0 Å². The third-order valence-corrected chi connectivity index (χ3v) is 3.31. The number of nitrogens with zero attached hydrogens (tertiary/aromatic N) is 2. The number of aliphatic imine (C=N–C) groups is 1. The highest BCUT2D eigenvalue weighted by atomic mass is 16.5. The monoisotopic (exact) mass is 231 g/mol. The average Bonchev–Trinajstić information content (AvgIpc) is 2.84. The number of fused-ring (bicyclic) bond motifs is 1. The summed E-state index contributed by atoms with van der Waals surface area (Å²) in [5.74, 6) is 1.98. The zero-order chi connectivity index (χ0) is 11.8. The molecule has 0 bridgehead atoms. The van der Waals surface area contributed by atoms with Gasteiger partial charge < -0.3 is 15.0 Å². The number of benzene rings is 1. The van der Waals surface area contributed by atoms with Crippen LogP contribution in [0.4, 0.5) is 5.69 Å². The molecular formula is C13H17N3O. The molecule has 17 heavy (non-hydrogen) atoms. The Morgan fingerprint density at radius 3 is 3.12 bits per heavy atom. The van der Waals surface area contributed by atoms with Gasteiger partial charge in [-0.25, -0.2) is 0 Å². The molecule has 0 saturated heterocycles. The number of aryl methyl sites for hydroxylation is 1. The Bertz CT molecular complexity index is 470. The van der Waals surface area contributed by atoms with Gasteiger partial charge in [0.1, 0.15) is 11.6 Å².